The van der Waals surface area contributed by atoms with Crippen molar-refractivity contribution in [2.45, 2.75) is 5.03 Å². The first kappa shape index (κ1) is 20.5. The topological polar surface area (TPSA) is 47.8 Å². The van der Waals surface area contributed by atoms with Gasteiger partial charge in [0.05, 0.1) is 11.1 Å². The van der Waals surface area contributed by atoms with Crippen molar-refractivity contribution in [1.29, 1.82) is 0 Å². The summed E-state index contributed by atoms with van der Waals surface area (Å²) < 4.78 is 2.04. The summed E-state index contributed by atoms with van der Waals surface area (Å²) in [4.78, 5) is 21.8. The van der Waals surface area contributed by atoms with E-state index in [1.165, 1.54) is 11.8 Å². The van der Waals surface area contributed by atoms with E-state index in [9.17, 15) is 4.79 Å². The van der Waals surface area contributed by atoms with Gasteiger partial charge in [-0.25, -0.2) is 9.97 Å². The fourth-order valence-electron chi connectivity index (χ4n) is 3.62. The lowest BCUT2D eigenvalue weighted by atomic mass is 10.1. The first-order valence-electron chi connectivity index (χ1n) is 10.1. The number of thioether (sulfide) groups is 1. The first-order valence-corrected chi connectivity index (χ1v) is 11.5. The van der Waals surface area contributed by atoms with Crippen LogP contribution in [0.25, 0.3) is 27.8 Å². The van der Waals surface area contributed by atoms with Crippen molar-refractivity contribution in [1.82, 2.24) is 14.5 Å². The van der Waals surface area contributed by atoms with E-state index in [-0.39, 0.29) is 5.78 Å². The quantitative estimate of drug-likeness (QED) is 0.162. The molecule has 2 aromatic heterocycles. The summed E-state index contributed by atoms with van der Waals surface area (Å²) in [6.07, 6.45) is 3.62. The van der Waals surface area contributed by atoms with Gasteiger partial charge in [-0.2, -0.15) is 0 Å². The van der Waals surface area contributed by atoms with Crippen molar-refractivity contribution in [3.8, 4) is 16.8 Å². The Bertz CT molecular complexity index is 1380. The number of aromatic nitrogens is 3. The molecule has 4 nitrogen and oxygen atoms in total. The van der Waals surface area contributed by atoms with Gasteiger partial charge in [-0.05, 0) is 29.8 Å². The third kappa shape index (κ3) is 4.05. The van der Waals surface area contributed by atoms with E-state index in [1.54, 1.807) is 6.33 Å². The lowest BCUT2D eigenvalue weighted by Crippen LogP contribution is -2.02. The van der Waals surface area contributed by atoms with Crippen LogP contribution in [-0.2, 0) is 0 Å². The molecule has 0 unspecified atom stereocenters. The minimum Gasteiger partial charge on any atom is -0.301 e. The minimum atomic E-state index is 0.0701. The average molecular weight is 456 g/mol. The van der Waals surface area contributed by atoms with E-state index in [2.05, 4.69) is 28.3 Å². The Morgan fingerprint density at radius 2 is 1.56 bits per heavy atom. The van der Waals surface area contributed by atoms with Gasteiger partial charge in [-0.1, -0.05) is 84.0 Å². The number of halogens is 1. The van der Waals surface area contributed by atoms with Gasteiger partial charge in [-0.15, -0.1) is 0 Å². The summed E-state index contributed by atoms with van der Waals surface area (Å²) in [5.41, 5.74) is 4.53. The SMILES string of the molecule is O=C(CSc1ncnc2c1c(-c1ccccc1)cn2-c1ccc(Cl)cc1)c1ccccc1. The number of hydrogen-bond donors (Lipinski definition) is 0. The van der Waals surface area contributed by atoms with Gasteiger partial charge in [0.25, 0.3) is 0 Å². The molecule has 156 valence electrons. The number of benzene rings is 3. The number of ketones is 1. The molecular formula is C26H18ClN3OS. The zero-order chi connectivity index (χ0) is 21.9. The molecular weight excluding hydrogens is 438 g/mol. The zero-order valence-electron chi connectivity index (χ0n) is 17.0. The standard InChI is InChI=1S/C26H18ClN3OS/c27-20-11-13-21(14-12-20)30-15-22(18-7-3-1-4-8-18)24-25(30)28-17-29-26(24)32-16-23(31)19-9-5-2-6-10-19/h1-15,17H,16H2. The maximum absolute atomic E-state index is 12.7. The summed E-state index contributed by atoms with van der Waals surface area (Å²) in [7, 11) is 0. The van der Waals surface area contributed by atoms with Crippen LogP contribution in [0.4, 0.5) is 0 Å². The van der Waals surface area contributed by atoms with Crippen LogP contribution < -0.4 is 0 Å². The van der Waals surface area contributed by atoms with Crippen LogP contribution in [0.5, 0.6) is 0 Å². The number of carbonyl (C=O) groups is 1. The molecule has 0 spiro atoms. The summed E-state index contributed by atoms with van der Waals surface area (Å²) in [6, 6.07) is 27.1. The van der Waals surface area contributed by atoms with Crippen LogP contribution in [0.3, 0.4) is 0 Å². The molecule has 0 saturated carbocycles. The Labute approximate surface area is 194 Å². The second-order valence-corrected chi connectivity index (χ2v) is 8.61. The molecule has 0 saturated heterocycles. The smallest absolute Gasteiger partial charge is 0.173 e. The molecule has 0 aliphatic heterocycles. The number of rotatable bonds is 6. The molecule has 0 radical (unpaired) electrons. The predicted octanol–water partition coefficient (Wildman–Crippen LogP) is 6.72. The third-order valence-corrected chi connectivity index (χ3v) is 6.42. The van der Waals surface area contributed by atoms with Gasteiger partial charge in [0.2, 0.25) is 0 Å². The molecule has 5 aromatic rings. The Kier molecular flexibility index (Phi) is 5.75. The Hall–Kier alpha value is -3.41. The normalized spacial score (nSPS) is 11.0. The number of Topliss-reactive ketones (excluding diaryl/α,β-unsaturated/α-hetero) is 1. The van der Waals surface area contributed by atoms with Crippen molar-refractivity contribution in [3.05, 3.63) is 108 Å². The third-order valence-electron chi connectivity index (χ3n) is 5.17. The van der Waals surface area contributed by atoms with Crippen LogP contribution in [0.1, 0.15) is 10.4 Å². The van der Waals surface area contributed by atoms with E-state index in [4.69, 9.17) is 11.6 Å². The van der Waals surface area contributed by atoms with Crippen LogP contribution in [0.2, 0.25) is 5.02 Å². The summed E-state index contributed by atoms with van der Waals surface area (Å²) in [6.45, 7) is 0. The minimum absolute atomic E-state index is 0.0701. The van der Waals surface area contributed by atoms with Crippen LogP contribution in [-0.4, -0.2) is 26.1 Å². The van der Waals surface area contributed by atoms with E-state index in [0.717, 1.165) is 32.9 Å². The molecule has 6 heteroatoms. The molecule has 0 amide bonds. The molecule has 0 bridgehead atoms. The van der Waals surface area contributed by atoms with Crippen molar-refractivity contribution >= 4 is 40.2 Å². The van der Waals surface area contributed by atoms with Crippen LogP contribution in [0.15, 0.2) is 102 Å². The molecule has 0 atom stereocenters. The highest BCUT2D eigenvalue weighted by Gasteiger charge is 2.18. The van der Waals surface area contributed by atoms with Crippen molar-refractivity contribution in [2.75, 3.05) is 5.75 Å². The highest BCUT2D eigenvalue weighted by Crippen LogP contribution is 2.37. The number of nitrogens with zero attached hydrogens (tertiary/aromatic N) is 3. The predicted molar refractivity (Wildman–Crippen MR) is 131 cm³/mol. The molecule has 5 rings (SSSR count). The Morgan fingerprint density at radius 1 is 0.875 bits per heavy atom. The Balaban J connectivity index is 1.61. The maximum atomic E-state index is 12.7. The molecule has 0 aliphatic carbocycles. The summed E-state index contributed by atoms with van der Waals surface area (Å²) in [5, 5.41) is 2.39. The van der Waals surface area contributed by atoms with Gasteiger partial charge < -0.3 is 4.57 Å². The van der Waals surface area contributed by atoms with Crippen LogP contribution >= 0.6 is 23.4 Å². The lowest BCUT2D eigenvalue weighted by Gasteiger charge is -2.06. The van der Waals surface area contributed by atoms with Crippen molar-refractivity contribution in [2.24, 2.45) is 0 Å². The molecule has 0 aliphatic rings. The second kappa shape index (κ2) is 8.99. The molecule has 3 aromatic carbocycles. The van der Waals surface area contributed by atoms with E-state index >= 15 is 0 Å². The van der Waals surface area contributed by atoms with Gasteiger partial charge in [0.15, 0.2) is 5.78 Å². The largest absolute Gasteiger partial charge is 0.301 e. The number of hydrogen-bond acceptors (Lipinski definition) is 4. The first-order chi connectivity index (χ1) is 15.7. The number of fused-ring (bicyclic) bond motifs is 1. The Morgan fingerprint density at radius 3 is 2.28 bits per heavy atom. The molecule has 0 fully saturated rings. The van der Waals surface area contributed by atoms with Crippen molar-refractivity contribution < 1.29 is 4.79 Å². The molecule has 32 heavy (non-hydrogen) atoms. The molecule has 0 N–H and O–H groups in total. The van der Waals surface area contributed by atoms with Crippen molar-refractivity contribution in [3.63, 3.8) is 0 Å². The van der Waals surface area contributed by atoms with E-state index in [1.807, 2.05) is 77.4 Å². The summed E-state index contributed by atoms with van der Waals surface area (Å²) in [5.74, 6) is 0.372. The monoisotopic (exact) mass is 455 g/mol. The second-order valence-electron chi connectivity index (χ2n) is 7.21. The van der Waals surface area contributed by atoms with Gasteiger partial charge in [0, 0.05) is 28.0 Å². The van der Waals surface area contributed by atoms with Crippen LogP contribution in [0, 0.1) is 0 Å². The highest BCUT2D eigenvalue weighted by atomic mass is 35.5. The summed E-state index contributed by atoms with van der Waals surface area (Å²) >= 11 is 7.53. The lowest BCUT2D eigenvalue weighted by molar-refractivity contribution is 0.102. The molecule has 2 heterocycles. The maximum Gasteiger partial charge on any atom is 0.173 e. The highest BCUT2D eigenvalue weighted by molar-refractivity contribution is 8.00. The number of carbonyl (C=O) groups excluding carboxylic acids is 1. The van der Waals surface area contributed by atoms with E-state index < -0.39 is 0 Å². The van der Waals surface area contributed by atoms with Gasteiger partial charge in [-0.3, -0.25) is 4.79 Å². The van der Waals surface area contributed by atoms with Gasteiger partial charge >= 0.3 is 0 Å². The fourth-order valence-corrected chi connectivity index (χ4v) is 4.65. The zero-order valence-corrected chi connectivity index (χ0v) is 18.6. The van der Waals surface area contributed by atoms with E-state index in [0.29, 0.717) is 16.3 Å². The van der Waals surface area contributed by atoms with Gasteiger partial charge in [0.1, 0.15) is 17.0 Å². The fraction of sp³-hybridized carbons (Fsp3) is 0.0385. The average Bonchev–Trinajstić information content (AvgIpc) is 3.24.